The quantitative estimate of drug-likeness (QED) is 0.750. The molecule has 0 aliphatic heterocycles. The molecule has 5 heteroatoms. The number of hydrogen-bond acceptors (Lipinski definition) is 2. The van der Waals surface area contributed by atoms with Crippen molar-refractivity contribution in [1.82, 2.24) is 9.78 Å². The van der Waals surface area contributed by atoms with Crippen molar-refractivity contribution >= 4 is 34.2 Å². The highest BCUT2D eigenvalue weighted by atomic mass is 127. The molecule has 1 heterocycles. The molecule has 0 atom stereocenters. The molecule has 0 fully saturated rings. The van der Waals surface area contributed by atoms with Crippen LogP contribution in [0.4, 0.5) is 0 Å². The van der Waals surface area contributed by atoms with Gasteiger partial charge in [-0.3, -0.25) is 0 Å². The molecule has 0 saturated carbocycles. The van der Waals surface area contributed by atoms with E-state index in [1.807, 2.05) is 49.7 Å². The molecular formula is C13H14ClIN2O. The van der Waals surface area contributed by atoms with E-state index in [0.717, 1.165) is 20.8 Å². The van der Waals surface area contributed by atoms with Gasteiger partial charge in [0.1, 0.15) is 0 Å². The summed E-state index contributed by atoms with van der Waals surface area (Å²) in [4.78, 5) is 0. The average Bonchev–Trinajstić information content (AvgIpc) is 2.58. The normalized spacial score (nSPS) is 11.0. The number of benzene rings is 1. The van der Waals surface area contributed by atoms with Gasteiger partial charge in [-0.25, -0.2) is 0 Å². The van der Waals surface area contributed by atoms with Crippen LogP contribution in [0.15, 0.2) is 24.3 Å². The molecule has 0 saturated heterocycles. The summed E-state index contributed by atoms with van der Waals surface area (Å²) in [6.07, 6.45) is 0.112. The Morgan fingerprint density at radius 2 is 1.89 bits per heavy atom. The second-order valence-electron chi connectivity index (χ2n) is 4.26. The molecule has 18 heavy (non-hydrogen) atoms. The predicted octanol–water partition coefficient (Wildman–Crippen LogP) is 4.23. The summed E-state index contributed by atoms with van der Waals surface area (Å²) in [5, 5.41) is 5.22. The van der Waals surface area contributed by atoms with Gasteiger partial charge in [-0.2, -0.15) is 9.78 Å². The van der Waals surface area contributed by atoms with E-state index in [1.54, 1.807) is 0 Å². The van der Waals surface area contributed by atoms with Crippen molar-refractivity contribution in [3.8, 4) is 11.6 Å². The molecule has 2 rings (SSSR count). The maximum Gasteiger partial charge on any atom is 0.231 e. The summed E-state index contributed by atoms with van der Waals surface area (Å²) in [6, 6.07) is 7.55. The fourth-order valence-electron chi connectivity index (χ4n) is 1.57. The Balaban J connectivity index is 2.49. The number of aromatic nitrogens is 2. The number of ether oxygens (including phenoxy) is 1. The maximum atomic E-state index is 5.90. The molecule has 0 amide bonds. The highest BCUT2D eigenvalue weighted by Crippen LogP contribution is 2.28. The van der Waals surface area contributed by atoms with Crippen LogP contribution in [0.2, 0.25) is 5.02 Å². The van der Waals surface area contributed by atoms with E-state index in [2.05, 4.69) is 27.7 Å². The number of rotatable bonds is 3. The first kappa shape index (κ1) is 13.7. The molecular weight excluding hydrogens is 363 g/mol. The van der Waals surface area contributed by atoms with E-state index >= 15 is 0 Å². The minimum atomic E-state index is 0.112. The highest BCUT2D eigenvalue weighted by molar-refractivity contribution is 14.1. The first-order valence-electron chi connectivity index (χ1n) is 5.66. The lowest BCUT2D eigenvalue weighted by molar-refractivity contribution is 0.224. The zero-order valence-electron chi connectivity index (χ0n) is 10.4. The van der Waals surface area contributed by atoms with Crippen molar-refractivity contribution < 1.29 is 4.74 Å². The van der Waals surface area contributed by atoms with Gasteiger partial charge < -0.3 is 4.74 Å². The zero-order chi connectivity index (χ0) is 13.3. The third-order valence-corrected chi connectivity index (χ3v) is 3.86. The van der Waals surface area contributed by atoms with Crippen LogP contribution in [0.1, 0.15) is 19.5 Å². The van der Waals surface area contributed by atoms with Crippen LogP contribution in [0.5, 0.6) is 5.88 Å². The monoisotopic (exact) mass is 376 g/mol. The lowest BCUT2D eigenvalue weighted by Crippen LogP contribution is -2.10. The summed E-state index contributed by atoms with van der Waals surface area (Å²) in [5.74, 6) is 0.783. The van der Waals surface area contributed by atoms with Crippen molar-refractivity contribution in [2.75, 3.05) is 0 Å². The number of nitrogens with zero attached hydrogens (tertiary/aromatic N) is 2. The molecule has 0 aliphatic rings. The van der Waals surface area contributed by atoms with E-state index < -0.39 is 0 Å². The van der Waals surface area contributed by atoms with E-state index in [9.17, 15) is 0 Å². The molecule has 1 aromatic heterocycles. The summed E-state index contributed by atoms with van der Waals surface area (Å²) >= 11 is 8.16. The Bertz CT molecular complexity index is 549. The van der Waals surface area contributed by atoms with Crippen molar-refractivity contribution in [3.05, 3.63) is 38.6 Å². The fourth-order valence-corrected chi connectivity index (χ4v) is 2.16. The van der Waals surface area contributed by atoms with Crippen LogP contribution in [0.3, 0.4) is 0 Å². The minimum absolute atomic E-state index is 0.112. The van der Waals surface area contributed by atoms with Gasteiger partial charge in [-0.1, -0.05) is 11.6 Å². The molecule has 1 aromatic carbocycles. The molecule has 3 nitrogen and oxygen atoms in total. The zero-order valence-corrected chi connectivity index (χ0v) is 13.4. The van der Waals surface area contributed by atoms with Crippen LogP contribution >= 0.6 is 34.2 Å². The Morgan fingerprint density at radius 1 is 1.28 bits per heavy atom. The van der Waals surface area contributed by atoms with Gasteiger partial charge in [-0.05, 0) is 67.6 Å². The van der Waals surface area contributed by atoms with Gasteiger partial charge in [0.25, 0.3) is 0 Å². The van der Waals surface area contributed by atoms with Crippen molar-refractivity contribution in [2.24, 2.45) is 0 Å². The van der Waals surface area contributed by atoms with Gasteiger partial charge in [0, 0.05) is 5.02 Å². The van der Waals surface area contributed by atoms with Crippen LogP contribution in [-0.2, 0) is 0 Å². The molecule has 0 spiro atoms. The minimum Gasteiger partial charge on any atom is -0.474 e. The smallest absolute Gasteiger partial charge is 0.231 e. The van der Waals surface area contributed by atoms with Crippen molar-refractivity contribution in [2.45, 2.75) is 26.9 Å². The third kappa shape index (κ3) is 2.80. The topological polar surface area (TPSA) is 27.1 Å². The molecule has 2 aromatic rings. The number of halogens is 2. The van der Waals surface area contributed by atoms with Crippen molar-refractivity contribution in [1.29, 1.82) is 0 Å². The van der Waals surface area contributed by atoms with Gasteiger partial charge >= 0.3 is 0 Å². The highest BCUT2D eigenvalue weighted by Gasteiger charge is 2.16. The predicted molar refractivity (Wildman–Crippen MR) is 81.8 cm³/mol. The average molecular weight is 377 g/mol. The molecule has 0 aliphatic carbocycles. The SMILES string of the molecule is Cc1nn(-c2ccc(Cl)cc2)c(OC(C)C)c1I. The summed E-state index contributed by atoms with van der Waals surface area (Å²) in [7, 11) is 0. The summed E-state index contributed by atoms with van der Waals surface area (Å²) in [5.41, 5.74) is 1.90. The second kappa shape index (κ2) is 5.48. The molecule has 0 N–H and O–H groups in total. The first-order valence-corrected chi connectivity index (χ1v) is 7.12. The molecule has 96 valence electrons. The fraction of sp³-hybridized carbons (Fsp3) is 0.308. The Hall–Kier alpha value is -0.750. The van der Waals surface area contributed by atoms with E-state index in [4.69, 9.17) is 16.3 Å². The lowest BCUT2D eigenvalue weighted by atomic mass is 10.3. The van der Waals surface area contributed by atoms with Gasteiger partial charge in [0.05, 0.1) is 21.1 Å². The van der Waals surface area contributed by atoms with E-state index in [0.29, 0.717) is 5.02 Å². The van der Waals surface area contributed by atoms with Crippen LogP contribution in [0.25, 0.3) is 5.69 Å². The Morgan fingerprint density at radius 3 is 2.44 bits per heavy atom. The number of hydrogen-bond donors (Lipinski definition) is 0. The van der Waals surface area contributed by atoms with E-state index in [1.165, 1.54) is 0 Å². The van der Waals surface area contributed by atoms with Gasteiger partial charge in [-0.15, -0.1) is 0 Å². The Labute approximate surface area is 125 Å². The van der Waals surface area contributed by atoms with Crippen LogP contribution in [0, 0.1) is 10.5 Å². The largest absolute Gasteiger partial charge is 0.474 e. The molecule has 0 radical (unpaired) electrons. The van der Waals surface area contributed by atoms with Crippen LogP contribution < -0.4 is 4.74 Å². The maximum absolute atomic E-state index is 5.90. The second-order valence-corrected chi connectivity index (χ2v) is 5.77. The first-order chi connectivity index (χ1) is 8.49. The Kier molecular flexibility index (Phi) is 4.17. The lowest BCUT2D eigenvalue weighted by Gasteiger charge is -2.12. The molecule has 0 unspecified atom stereocenters. The standard InChI is InChI=1S/C13H14ClIN2O/c1-8(2)18-13-12(15)9(3)16-17(13)11-6-4-10(14)5-7-11/h4-8H,1-3H3. The number of aryl methyl sites for hydroxylation is 1. The van der Waals surface area contributed by atoms with Gasteiger partial charge in [0.2, 0.25) is 5.88 Å². The third-order valence-electron chi connectivity index (χ3n) is 2.37. The van der Waals surface area contributed by atoms with Crippen molar-refractivity contribution in [3.63, 3.8) is 0 Å². The molecule has 0 bridgehead atoms. The summed E-state index contributed by atoms with van der Waals surface area (Å²) in [6.45, 7) is 5.98. The van der Waals surface area contributed by atoms with Crippen LogP contribution in [-0.4, -0.2) is 15.9 Å². The van der Waals surface area contributed by atoms with E-state index in [-0.39, 0.29) is 6.10 Å². The summed E-state index contributed by atoms with van der Waals surface area (Å²) < 4.78 is 8.69. The van der Waals surface area contributed by atoms with Gasteiger partial charge in [0.15, 0.2) is 0 Å².